The van der Waals surface area contributed by atoms with Gasteiger partial charge >= 0.3 is 6.18 Å². The molecule has 0 bridgehead atoms. The van der Waals surface area contributed by atoms with Crippen LogP contribution < -0.4 is 15.4 Å². The molecule has 164 valence electrons. The molecule has 1 atom stereocenters. The van der Waals surface area contributed by atoms with Crippen LogP contribution in [0.4, 0.5) is 19.1 Å². The molecule has 7 nitrogen and oxygen atoms in total. The molecular weight excluding hydrogens is 399 g/mol. The number of nitrogens with one attached hydrogen (secondary N) is 2. The lowest BCUT2D eigenvalue weighted by Crippen LogP contribution is -2.28. The second-order valence-electron chi connectivity index (χ2n) is 7.48. The second-order valence-corrected chi connectivity index (χ2v) is 7.48. The zero-order valence-electron chi connectivity index (χ0n) is 17.6. The highest BCUT2D eigenvalue weighted by Crippen LogP contribution is 2.21. The van der Waals surface area contributed by atoms with Crippen molar-refractivity contribution in [3.05, 3.63) is 40.8 Å². The average Bonchev–Trinajstić information content (AvgIpc) is 2.64. The van der Waals surface area contributed by atoms with Crippen LogP contribution in [0.3, 0.4) is 0 Å². The number of nitrogens with zero attached hydrogens (tertiary/aromatic N) is 3. The summed E-state index contributed by atoms with van der Waals surface area (Å²) in [7, 11) is 0. The number of carbonyl (C=O) groups excluding carboxylic acids is 1. The maximum atomic E-state index is 12.6. The largest absolute Gasteiger partial charge is 0.468 e. The molecule has 10 heteroatoms. The maximum absolute atomic E-state index is 12.6. The summed E-state index contributed by atoms with van der Waals surface area (Å²) in [5.41, 5.74) is 1.94. The third-order valence-electron chi connectivity index (χ3n) is 4.00. The minimum Gasteiger partial charge on any atom is -0.468 e. The Bertz CT molecular complexity index is 887. The van der Waals surface area contributed by atoms with Crippen molar-refractivity contribution >= 4 is 11.9 Å². The van der Waals surface area contributed by atoms with Crippen molar-refractivity contribution in [2.45, 2.75) is 46.8 Å². The minimum atomic E-state index is -4.46. The number of amides is 1. The zero-order valence-corrected chi connectivity index (χ0v) is 17.6. The van der Waals surface area contributed by atoms with Gasteiger partial charge in [-0.25, -0.2) is 15.0 Å². The summed E-state index contributed by atoms with van der Waals surface area (Å²) in [5, 5.41) is 5.98. The van der Waals surface area contributed by atoms with Crippen molar-refractivity contribution in [3.63, 3.8) is 0 Å². The Kier molecular flexibility index (Phi) is 7.58. The number of hydrogen-bond donors (Lipinski definition) is 2. The standard InChI is InChI=1S/C20H26F3N5O2/c1-11(2)8-25-19-26-13(4)7-16(28-19)14(5)27-17(29)15-6-12(3)18(24-9-15)30-10-20(21,22)23/h6-7,9,11,14H,8,10H2,1-5H3,(H,27,29)(H,25,26,28). The molecule has 0 aliphatic rings. The van der Waals surface area contributed by atoms with E-state index < -0.39 is 24.7 Å². The van der Waals surface area contributed by atoms with E-state index in [1.54, 1.807) is 13.0 Å². The van der Waals surface area contributed by atoms with Crippen molar-refractivity contribution < 1.29 is 22.7 Å². The van der Waals surface area contributed by atoms with E-state index in [-0.39, 0.29) is 11.4 Å². The van der Waals surface area contributed by atoms with Gasteiger partial charge in [0.05, 0.1) is 17.3 Å². The highest BCUT2D eigenvalue weighted by atomic mass is 19.4. The van der Waals surface area contributed by atoms with E-state index in [9.17, 15) is 18.0 Å². The predicted molar refractivity (Wildman–Crippen MR) is 107 cm³/mol. The van der Waals surface area contributed by atoms with Gasteiger partial charge in [0, 0.05) is 24.0 Å². The van der Waals surface area contributed by atoms with Crippen LogP contribution in [-0.4, -0.2) is 40.2 Å². The highest BCUT2D eigenvalue weighted by Gasteiger charge is 2.29. The number of rotatable bonds is 8. The topological polar surface area (TPSA) is 89.0 Å². The molecular formula is C20H26F3N5O2. The van der Waals surface area contributed by atoms with E-state index in [4.69, 9.17) is 0 Å². The molecule has 0 aliphatic heterocycles. The lowest BCUT2D eigenvalue weighted by Gasteiger charge is -2.16. The van der Waals surface area contributed by atoms with Crippen LogP contribution in [0.1, 0.15) is 54.1 Å². The number of alkyl halides is 3. The summed E-state index contributed by atoms with van der Waals surface area (Å²) in [5.74, 6) is 0.328. The van der Waals surface area contributed by atoms with Gasteiger partial charge in [0.1, 0.15) is 0 Å². The molecule has 1 amide bonds. The monoisotopic (exact) mass is 425 g/mol. The summed E-state index contributed by atoms with van der Waals surface area (Å²) in [6, 6.07) is 2.80. The van der Waals surface area contributed by atoms with Crippen LogP contribution in [0.25, 0.3) is 0 Å². The van der Waals surface area contributed by atoms with Crippen LogP contribution >= 0.6 is 0 Å². The Hall–Kier alpha value is -2.91. The Morgan fingerprint density at radius 3 is 2.47 bits per heavy atom. The number of halogens is 3. The molecule has 0 aromatic carbocycles. The van der Waals surface area contributed by atoms with Crippen molar-refractivity contribution in [2.24, 2.45) is 5.92 Å². The lowest BCUT2D eigenvalue weighted by atomic mass is 10.1. The molecule has 30 heavy (non-hydrogen) atoms. The SMILES string of the molecule is Cc1cc(C(C)NC(=O)c2cnc(OCC(F)(F)F)c(C)c2)nc(NCC(C)C)n1. The summed E-state index contributed by atoms with van der Waals surface area (Å²) < 4.78 is 41.6. The van der Waals surface area contributed by atoms with Crippen LogP contribution in [0.2, 0.25) is 0 Å². The number of hydrogen-bond acceptors (Lipinski definition) is 6. The molecule has 0 radical (unpaired) electrons. The molecule has 2 heterocycles. The normalized spacial score (nSPS) is 12.6. The Labute approximate surface area is 173 Å². The van der Waals surface area contributed by atoms with Gasteiger partial charge in [0.2, 0.25) is 11.8 Å². The van der Waals surface area contributed by atoms with Crippen LogP contribution in [0.5, 0.6) is 5.88 Å². The number of anilines is 1. The highest BCUT2D eigenvalue weighted by molar-refractivity contribution is 5.94. The third kappa shape index (κ3) is 7.16. The molecule has 2 aromatic rings. The smallest absolute Gasteiger partial charge is 0.422 e. The number of pyridine rings is 1. The van der Waals surface area contributed by atoms with E-state index in [0.29, 0.717) is 23.1 Å². The van der Waals surface area contributed by atoms with Crippen LogP contribution in [0, 0.1) is 19.8 Å². The van der Waals surface area contributed by atoms with Gasteiger partial charge in [-0.05, 0) is 38.8 Å². The first kappa shape index (κ1) is 23.4. The molecule has 0 fully saturated rings. The summed E-state index contributed by atoms with van der Waals surface area (Å²) in [6.07, 6.45) is -3.28. The fourth-order valence-electron chi connectivity index (χ4n) is 2.53. The lowest BCUT2D eigenvalue weighted by molar-refractivity contribution is -0.154. The Morgan fingerprint density at radius 2 is 1.87 bits per heavy atom. The van der Waals surface area contributed by atoms with Gasteiger partial charge in [0.25, 0.3) is 5.91 Å². The quantitative estimate of drug-likeness (QED) is 0.665. The van der Waals surface area contributed by atoms with Crippen molar-refractivity contribution in [1.82, 2.24) is 20.3 Å². The van der Waals surface area contributed by atoms with Crippen LogP contribution in [0.15, 0.2) is 18.3 Å². The fraction of sp³-hybridized carbons (Fsp3) is 0.500. The molecule has 0 aliphatic carbocycles. The van der Waals surface area contributed by atoms with E-state index in [1.807, 2.05) is 6.92 Å². The van der Waals surface area contributed by atoms with Gasteiger partial charge in [-0.3, -0.25) is 4.79 Å². The Morgan fingerprint density at radius 1 is 1.17 bits per heavy atom. The van der Waals surface area contributed by atoms with Gasteiger partial charge in [-0.2, -0.15) is 13.2 Å². The summed E-state index contributed by atoms with van der Waals surface area (Å²) in [6.45, 7) is 8.57. The molecule has 0 spiro atoms. The number of carbonyl (C=O) groups is 1. The van der Waals surface area contributed by atoms with Crippen LogP contribution in [-0.2, 0) is 0 Å². The third-order valence-corrected chi connectivity index (χ3v) is 4.00. The second kappa shape index (κ2) is 9.73. The van der Waals surface area contributed by atoms with E-state index in [0.717, 1.165) is 12.2 Å². The molecule has 1 unspecified atom stereocenters. The first-order valence-electron chi connectivity index (χ1n) is 9.51. The number of aromatic nitrogens is 3. The molecule has 0 saturated carbocycles. The number of aryl methyl sites for hydroxylation is 2. The van der Waals surface area contributed by atoms with E-state index in [1.165, 1.54) is 19.2 Å². The molecule has 2 aromatic heterocycles. The molecule has 2 N–H and O–H groups in total. The van der Waals surface area contributed by atoms with Crippen molar-refractivity contribution in [3.8, 4) is 5.88 Å². The Balaban J connectivity index is 2.07. The number of ether oxygens (including phenoxy) is 1. The summed E-state index contributed by atoms with van der Waals surface area (Å²) in [4.78, 5) is 25.2. The molecule has 0 saturated heterocycles. The zero-order chi connectivity index (χ0) is 22.5. The van der Waals surface area contributed by atoms with Crippen molar-refractivity contribution in [2.75, 3.05) is 18.5 Å². The van der Waals surface area contributed by atoms with E-state index in [2.05, 4.69) is 44.2 Å². The average molecular weight is 425 g/mol. The van der Waals surface area contributed by atoms with E-state index >= 15 is 0 Å². The minimum absolute atomic E-state index is 0.163. The fourth-order valence-corrected chi connectivity index (χ4v) is 2.53. The van der Waals surface area contributed by atoms with Gasteiger partial charge in [-0.15, -0.1) is 0 Å². The van der Waals surface area contributed by atoms with Gasteiger partial charge in [0.15, 0.2) is 6.61 Å². The van der Waals surface area contributed by atoms with Gasteiger partial charge < -0.3 is 15.4 Å². The first-order valence-corrected chi connectivity index (χ1v) is 9.51. The predicted octanol–water partition coefficient (Wildman–Crippen LogP) is 3.99. The molecule has 2 rings (SSSR count). The van der Waals surface area contributed by atoms with Crippen molar-refractivity contribution in [1.29, 1.82) is 0 Å². The first-order chi connectivity index (χ1) is 13.9. The summed E-state index contributed by atoms with van der Waals surface area (Å²) >= 11 is 0. The maximum Gasteiger partial charge on any atom is 0.422 e. The van der Waals surface area contributed by atoms with Gasteiger partial charge in [-0.1, -0.05) is 13.8 Å².